The van der Waals surface area contributed by atoms with E-state index in [1.54, 1.807) is 24.3 Å². The van der Waals surface area contributed by atoms with Gasteiger partial charge in [-0.1, -0.05) is 55.9 Å². The number of hydrogen-bond acceptors (Lipinski definition) is 5. The zero-order valence-corrected chi connectivity index (χ0v) is 21.0. The van der Waals surface area contributed by atoms with Crippen molar-refractivity contribution in [3.05, 3.63) is 65.7 Å². The van der Waals surface area contributed by atoms with Crippen molar-refractivity contribution in [2.75, 3.05) is 18.4 Å². The second-order valence-corrected chi connectivity index (χ2v) is 10.6. The Labute approximate surface area is 210 Å². The lowest BCUT2D eigenvalue weighted by molar-refractivity contribution is -0.121. The van der Waals surface area contributed by atoms with Crippen LogP contribution >= 0.6 is 11.8 Å². The van der Waals surface area contributed by atoms with E-state index in [9.17, 15) is 14.4 Å². The molecule has 184 valence electrons. The van der Waals surface area contributed by atoms with Crippen molar-refractivity contribution in [3.8, 4) is 0 Å². The minimum atomic E-state index is -0.480. The van der Waals surface area contributed by atoms with Crippen LogP contribution in [-0.4, -0.2) is 46.1 Å². The first-order valence-corrected chi connectivity index (χ1v) is 13.1. The van der Waals surface area contributed by atoms with Gasteiger partial charge in [-0.15, -0.1) is 0 Å². The summed E-state index contributed by atoms with van der Waals surface area (Å²) in [5.74, 6) is -0.211. The molecular weight excluding hydrogens is 460 g/mol. The number of amidine groups is 1. The number of anilines is 1. The lowest BCUT2D eigenvalue weighted by Crippen LogP contribution is -2.29. The van der Waals surface area contributed by atoms with Gasteiger partial charge >= 0.3 is 0 Å². The molecule has 35 heavy (non-hydrogen) atoms. The maximum Gasteiger partial charge on any atom is 0.262 e. The minimum absolute atomic E-state index is 0.0700. The number of amides is 3. The van der Waals surface area contributed by atoms with E-state index in [2.05, 4.69) is 34.4 Å². The predicted molar refractivity (Wildman–Crippen MR) is 140 cm³/mol. The summed E-state index contributed by atoms with van der Waals surface area (Å²) < 4.78 is 0. The SMILES string of the molecule is CC(C)CC(NC(=O)c1ccc(NC(=O)CC2SC(N3CCCC3)=NC2=O)cc1)c1ccccc1. The van der Waals surface area contributed by atoms with Gasteiger partial charge in [0.25, 0.3) is 11.8 Å². The Balaban J connectivity index is 1.30. The van der Waals surface area contributed by atoms with Crippen LogP contribution in [-0.2, 0) is 9.59 Å². The number of carbonyl (C=O) groups is 3. The number of thioether (sulfide) groups is 1. The molecule has 0 aliphatic carbocycles. The molecule has 2 aliphatic heterocycles. The second kappa shape index (κ2) is 11.5. The molecule has 4 rings (SSSR count). The van der Waals surface area contributed by atoms with Crippen molar-refractivity contribution in [1.82, 2.24) is 10.2 Å². The van der Waals surface area contributed by atoms with E-state index >= 15 is 0 Å². The van der Waals surface area contributed by atoms with Gasteiger partial charge in [-0.05, 0) is 55.0 Å². The summed E-state index contributed by atoms with van der Waals surface area (Å²) in [7, 11) is 0. The van der Waals surface area contributed by atoms with Crippen LogP contribution in [0.4, 0.5) is 5.69 Å². The summed E-state index contributed by atoms with van der Waals surface area (Å²) in [6, 6.07) is 16.7. The number of benzene rings is 2. The van der Waals surface area contributed by atoms with Crippen molar-refractivity contribution < 1.29 is 14.4 Å². The Bertz CT molecular complexity index is 1080. The molecule has 8 heteroatoms. The first-order chi connectivity index (χ1) is 16.9. The van der Waals surface area contributed by atoms with E-state index in [0.29, 0.717) is 17.2 Å². The lowest BCUT2D eigenvalue weighted by atomic mass is 9.96. The van der Waals surface area contributed by atoms with Crippen LogP contribution in [0.15, 0.2) is 59.6 Å². The molecule has 2 aromatic rings. The first kappa shape index (κ1) is 25.0. The third-order valence-electron chi connectivity index (χ3n) is 6.12. The van der Waals surface area contributed by atoms with Crippen LogP contribution in [0.3, 0.4) is 0 Å². The van der Waals surface area contributed by atoms with Gasteiger partial charge in [0.05, 0.1) is 6.04 Å². The van der Waals surface area contributed by atoms with Crippen LogP contribution in [0.2, 0.25) is 0 Å². The Morgan fingerprint density at radius 3 is 2.40 bits per heavy atom. The number of aliphatic imine (C=N–C) groups is 1. The molecule has 3 amide bonds. The average molecular weight is 493 g/mol. The summed E-state index contributed by atoms with van der Waals surface area (Å²) in [5, 5.41) is 6.23. The summed E-state index contributed by atoms with van der Waals surface area (Å²) in [4.78, 5) is 44.0. The Morgan fingerprint density at radius 1 is 1.06 bits per heavy atom. The van der Waals surface area contributed by atoms with Crippen molar-refractivity contribution in [2.24, 2.45) is 10.9 Å². The van der Waals surface area contributed by atoms with E-state index in [0.717, 1.165) is 43.1 Å². The van der Waals surface area contributed by atoms with Gasteiger partial charge in [0.15, 0.2) is 5.17 Å². The van der Waals surface area contributed by atoms with Crippen LogP contribution in [0, 0.1) is 5.92 Å². The average Bonchev–Trinajstić information content (AvgIpc) is 3.50. The number of nitrogens with zero attached hydrogens (tertiary/aromatic N) is 2. The fourth-order valence-electron chi connectivity index (χ4n) is 4.31. The standard InChI is InChI=1S/C27H32N4O3S/c1-18(2)16-22(19-8-4-3-5-9-19)29-25(33)20-10-12-21(13-11-20)28-24(32)17-23-26(34)30-27(35-23)31-14-6-7-15-31/h3-5,8-13,18,22-23H,6-7,14-17H2,1-2H3,(H,28,32)(H,29,33). The molecule has 2 unspecified atom stereocenters. The highest BCUT2D eigenvalue weighted by Gasteiger charge is 2.33. The second-order valence-electron chi connectivity index (χ2n) is 9.43. The molecule has 2 heterocycles. The van der Waals surface area contributed by atoms with Crippen LogP contribution in [0.5, 0.6) is 0 Å². The molecule has 0 bridgehead atoms. The number of likely N-dealkylation sites (tertiary alicyclic amines) is 1. The number of rotatable bonds is 8. The fourth-order valence-corrected chi connectivity index (χ4v) is 5.43. The smallest absolute Gasteiger partial charge is 0.262 e. The van der Waals surface area contributed by atoms with E-state index in [1.165, 1.54) is 11.8 Å². The summed E-state index contributed by atoms with van der Waals surface area (Å²) in [6.45, 7) is 6.11. The summed E-state index contributed by atoms with van der Waals surface area (Å²) in [5.41, 5.74) is 2.19. The zero-order valence-electron chi connectivity index (χ0n) is 20.2. The highest BCUT2D eigenvalue weighted by Crippen LogP contribution is 2.29. The minimum Gasteiger partial charge on any atom is -0.351 e. The van der Waals surface area contributed by atoms with Crippen LogP contribution in [0.25, 0.3) is 0 Å². The predicted octanol–water partition coefficient (Wildman–Crippen LogP) is 4.63. The largest absolute Gasteiger partial charge is 0.351 e. The number of nitrogens with one attached hydrogen (secondary N) is 2. The Morgan fingerprint density at radius 2 is 1.74 bits per heavy atom. The highest BCUT2D eigenvalue weighted by molar-refractivity contribution is 8.15. The van der Waals surface area contributed by atoms with Crippen LogP contribution < -0.4 is 10.6 Å². The van der Waals surface area contributed by atoms with Gasteiger partial charge in [0.1, 0.15) is 5.25 Å². The molecule has 0 aromatic heterocycles. The van der Waals surface area contributed by atoms with Gasteiger partial charge in [-0.3, -0.25) is 14.4 Å². The molecule has 2 atom stereocenters. The van der Waals surface area contributed by atoms with E-state index in [1.807, 2.05) is 30.3 Å². The van der Waals surface area contributed by atoms with Gasteiger partial charge in [-0.2, -0.15) is 4.99 Å². The van der Waals surface area contributed by atoms with Crippen molar-refractivity contribution in [1.29, 1.82) is 0 Å². The topological polar surface area (TPSA) is 90.9 Å². The lowest BCUT2D eigenvalue weighted by Gasteiger charge is -2.21. The maximum atomic E-state index is 12.9. The van der Waals surface area contributed by atoms with Crippen molar-refractivity contribution in [3.63, 3.8) is 0 Å². The third kappa shape index (κ3) is 6.72. The molecule has 0 radical (unpaired) electrons. The third-order valence-corrected chi connectivity index (χ3v) is 7.33. The zero-order chi connectivity index (χ0) is 24.8. The summed E-state index contributed by atoms with van der Waals surface area (Å²) >= 11 is 1.38. The molecule has 2 N–H and O–H groups in total. The normalized spacial score (nSPS) is 18.5. The molecular formula is C27H32N4O3S. The highest BCUT2D eigenvalue weighted by atomic mass is 32.2. The van der Waals surface area contributed by atoms with E-state index in [4.69, 9.17) is 0 Å². The van der Waals surface area contributed by atoms with E-state index in [-0.39, 0.29) is 30.2 Å². The maximum absolute atomic E-state index is 12.9. The van der Waals surface area contributed by atoms with Gasteiger partial charge in [0, 0.05) is 30.8 Å². The molecule has 1 fully saturated rings. The fraction of sp³-hybridized carbons (Fsp3) is 0.407. The Hall–Kier alpha value is -3.13. The summed E-state index contributed by atoms with van der Waals surface area (Å²) in [6.07, 6.45) is 3.13. The monoisotopic (exact) mass is 492 g/mol. The van der Waals surface area contributed by atoms with Crippen molar-refractivity contribution >= 4 is 40.3 Å². The van der Waals surface area contributed by atoms with Gasteiger partial charge in [-0.25, -0.2) is 0 Å². The Kier molecular flexibility index (Phi) is 8.23. The first-order valence-electron chi connectivity index (χ1n) is 12.2. The molecule has 7 nitrogen and oxygen atoms in total. The van der Waals surface area contributed by atoms with Gasteiger partial charge in [0.2, 0.25) is 5.91 Å². The molecule has 2 aliphatic rings. The van der Waals surface area contributed by atoms with Crippen molar-refractivity contribution in [2.45, 2.75) is 50.8 Å². The molecule has 2 aromatic carbocycles. The van der Waals surface area contributed by atoms with E-state index < -0.39 is 5.25 Å². The molecule has 0 spiro atoms. The quantitative estimate of drug-likeness (QED) is 0.561. The number of carbonyl (C=O) groups excluding carboxylic acids is 3. The van der Waals surface area contributed by atoms with Crippen LogP contribution in [0.1, 0.15) is 61.5 Å². The number of hydrogen-bond donors (Lipinski definition) is 2. The molecule has 1 saturated heterocycles. The molecule has 0 saturated carbocycles. The van der Waals surface area contributed by atoms with Gasteiger partial charge < -0.3 is 15.5 Å².